The first kappa shape index (κ1) is 28.7. The molecule has 6 rings (SSSR count). The topological polar surface area (TPSA) is 158 Å². The molecule has 0 radical (unpaired) electrons. The molecule has 13 nitrogen and oxygen atoms in total. The van der Waals surface area contributed by atoms with E-state index in [4.69, 9.17) is 14.2 Å². The van der Waals surface area contributed by atoms with Crippen molar-refractivity contribution in [3.63, 3.8) is 0 Å². The lowest BCUT2D eigenvalue weighted by Gasteiger charge is -2.20. The van der Waals surface area contributed by atoms with Crippen LogP contribution in [0.4, 0.5) is 17.3 Å². The van der Waals surface area contributed by atoms with Crippen molar-refractivity contribution in [2.75, 3.05) is 24.4 Å². The van der Waals surface area contributed by atoms with Crippen LogP contribution in [-0.4, -0.2) is 53.3 Å². The first-order chi connectivity index (χ1) is 21.5. The number of ether oxygens (including phenoxy) is 1. The van der Waals surface area contributed by atoms with Gasteiger partial charge in [-0.25, -0.2) is 14.6 Å². The molecule has 0 aliphatic carbocycles. The summed E-state index contributed by atoms with van der Waals surface area (Å²) in [4.78, 5) is 31.0. The van der Waals surface area contributed by atoms with Crippen LogP contribution in [0.5, 0.6) is 0 Å². The van der Waals surface area contributed by atoms with Gasteiger partial charge in [-0.05, 0) is 43.7 Å². The molecule has 1 aromatic carbocycles. The molecule has 0 saturated heterocycles. The number of hydrogen-bond acceptors (Lipinski definition) is 11. The Kier molecular flexibility index (Phi) is 8.12. The molecule has 0 unspecified atom stereocenters. The van der Waals surface area contributed by atoms with Crippen molar-refractivity contribution in [1.29, 1.82) is 0 Å². The summed E-state index contributed by atoms with van der Waals surface area (Å²) in [6, 6.07) is 18.0. The maximum absolute atomic E-state index is 13.0. The Morgan fingerprint density at radius 2 is 1.82 bits per heavy atom. The first-order valence-corrected chi connectivity index (χ1v) is 14.0. The number of aliphatic hydroxyl groups is 1. The minimum atomic E-state index is -0.428. The highest BCUT2D eigenvalue weighted by Gasteiger charge is 2.20. The van der Waals surface area contributed by atoms with Crippen molar-refractivity contribution >= 4 is 28.4 Å². The Bertz CT molecular complexity index is 1940. The number of nitrogens with zero attached hydrogens (tertiary/aromatic N) is 7. The molecule has 13 heteroatoms. The number of anilines is 3. The normalized spacial score (nSPS) is 12.1. The van der Waals surface area contributed by atoms with Crippen LogP contribution in [0.1, 0.15) is 31.5 Å². The van der Waals surface area contributed by atoms with E-state index in [1.165, 1.54) is 4.68 Å². The lowest BCUT2D eigenvalue weighted by atomic mass is 10.1. The quantitative estimate of drug-likeness (QED) is 0.190. The van der Waals surface area contributed by atoms with E-state index in [2.05, 4.69) is 30.7 Å². The van der Waals surface area contributed by atoms with Crippen LogP contribution >= 0.6 is 0 Å². The molecule has 3 N–H and O–H groups in total. The first-order valence-electron chi connectivity index (χ1n) is 14.0. The van der Waals surface area contributed by atoms with Gasteiger partial charge in [-0.15, -0.1) is 0 Å². The maximum Gasteiger partial charge on any atom is 0.278 e. The molecule has 6 aromatic rings. The number of methoxy groups -OCH3 is 1. The molecular formula is C31H31N9O4. The summed E-state index contributed by atoms with van der Waals surface area (Å²) in [6.45, 7) is 3.91. The van der Waals surface area contributed by atoms with E-state index in [0.717, 1.165) is 11.1 Å². The Morgan fingerprint density at radius 3 is 2.55 bits per heavy atom. The highest BCUT2D eigenvalue weighted by molar-refractivity contribution is 5.79. The van der Waals surface area contributed by atoms with E-state index in [1.54, 1.807) is 56.0 Å². The summed E-state index contributed by atoms with van der Waals surface area (Å²) in [6.07, 6.45) is 4.93. The van der Waals surface area contributed by atoms with Crippen LogP contribution in [-0.2, 0) is 11.5 Å². The molecule has 0 fully saturated rings. The standard InChI is InChI=1S/C31H31N9O4/c1-19(2)40-29-22(31(42)39(40)18-43-3)9-10-26(36-29)35-27-15-24(34-25(17-41)20-7-5-4-6-8-20)23(16-33-27)30-37-28(38-44-30)21-11-13-32-14-12-21/h4-16,19,25,41H,17-18H2,1-3H3,(H2,33,34,35,36)/t25-/m1/s1. The Hall–Kier alpha value is -5.40. The van der Waals surface area contributed by atoms with E-state index in [-0.39, 0.29) is 30.8 Å². The fourth-order valence-corrected chi connectivity index (χ4v) is 4.98. The SMILES string of the molecule is COCn1c(=O)c2ccc(Nc3cc(N[C@H](CO)c4ccccc4)c(-c4nc(-c5ccncc5)no4)cn3)nc2n1C(C)C. The van der Waals surface area contributed by atoms with Crippen molar-refractivity contribution < 1.29 is 14.4 Å². The van der Waals surface area contributed by atoms with E-state index in [1.807, 2.05) is 48.9 Å². The number of hydrogen-bond donors (Lipinski definition) is 3. The van der Waals surface area contributed by atoms with Gasteiger partial charge in [-0.3, -0.25) is 14.5 Å². The number of fused-ring (bicyclic) bond motifs is 1. The molecule has 5 aromatic heterocycles. The van der Waals surface area contributed by atoms with E-state index in [0.29, 0.717) is 39.7 Å². The number of nitrogens with one attached hydrogen (secondary N) is 2. The highest BCUT2D eigenvalue weighted by atomic mass is 16.5. The smallest absolute Gasteiger partial charge is 0.278 e. The summed E-state index contributed by atoms with van der Waals surface area (Å²) >= 11 is 0. The molecule has 224 valence electrons. The lowest BCUT2D eigenvalue weighted by Crippen LogP contribution is -2.25. The molecule has 0 spiro atoms. The Morgan fingerprint density at radius 1 is 1.02 bits per heavy atom. The Balaban J connectivity index is 1.39. The summed E-state index contributed by atoms with van der Waals surface area (Å²) in [5.74, 6) is 1.62. The molecule has 0 aliphatic heterocycles. The zero-order valence-corrected chi connectivity index (χ0v) is 24.4. The average Bonchev–Trinajstić information content (AvgIpc) is 3.64. The fourth-order valence-electron chi connectivity index (χ4n) is 4.98. The van der Waals surface area contributed by atoms with Gasteiger partial charge in [0.05, 0.1) is 29.3 Å². The second-order valence-electron chi connectivity index (χ2n) is 10.3. The summed E-state index contributed by atoms with van der Waals surface area (Å²) in [5, 5.41) is 21.6. The van der Waals surface area contributed by atoms with Crippen LogP contribution in [0.2, 0.25) is 0 Å². The van der Waals surface area contributed by atoms with Crippen LogP contribution in [0, 0.1) is 0 Å². The predicted octanol–water partition coefficient (Wildman–Crippen LogP) is 4.78. The van der Waals surface area contributed by atoms with Crippen molar-refractivity contribution in [3.05, 3.63) is 95.2 Å². The van der Waals surface area contributed by atoms with Crippen LogP contribution in [0.25, 0.3) is 33.9 Å². The number of benzene rings is 1. The van der Waals surface area contributed by atoms with Crippen LogP contribution in [0.3, 0.4) is 0 Å². The molecule has 0 saturated carbocycles. The van der Waals surface area contributed by atoms with Gasteiger partial charge in [0.2, 0.25) is 5.82 Å². The zero-order chi connectivity index (χ0) is 30.6. The van der Waals surface area contributed by atoms with Gasteiger partial charge >= 0.3 is 0 Å². The van der Waals surface area contributed by atoms with Crippen molar-refractivity contribution in [2.45, 2.75) is 32.7 Å². The Labute approximate surface area is 252 Å². The number of aromatic nitrogens is 7. The second-order valence-corrected chi connectivity index (χ2v) is 10.3. The van der Waals surface area contributed by atoms with Gasteiger partial charge in [-0.1, -0.05) is 35.5 Å². The van der Waals surface area contributed by atoms with E-state index < -0.39 is 6.04 Å². The van der Waals surface area contributed by atoms with Gasteiger partial charge in [0.1, 0.15) is 18.4 Å². The molecule has 5 heterocycles. The zero-order valence-electron chi connectivity index (χ0n) is 24.4. The fraction of sp³-hybridized carbons (Fsp3) is 0.226. The van der Waals surface area contributed by atoms with Gasteiger partial charge in [-0.2, -0.15) is 4.98 Å². The minimum absolute atomic E-state index is 0.0360. The van der Waals surface area contributed by atoms with Crippen molar-refractivity contribution in [1.82, 2.24) is 34.5 Å². The highest BCUT2D eigenvalue weighted by Crippen LogP contribution is 2.33. The molecule has 0 amide bonds. The van der Waals surface area contributed by atoms with Crippen LogP contribution in [0.15, 0.2) is 88.6 Å². The van der Waals surface area contributed by atoms with Gasteiger partial charge in [0.15, 0.2) is 5.65 Å². The molecular weight excluding hydrogens is 562 g/mol. The minimum Gasteiger partial charge on any atom is -0.394 e. The van der Waals surface area contributed by atoms with Crippen molar-refractivity contribution in [2.24, 2.45) is 0 Å². The van der Waals surface area contributed by atoms with E-state index in [9.17, 15) is 9.90 Å². The van der Waals surface area contributed by atoms with Crippen molar-refractivity contribution in [3.8, 4) is 22.8 Å². The lowest BCUT2D eigenvalue weighted by molar-refractivity contribution is 0.103. The van der Waals surface area contributed by atoms with Gasteiger partial charge < -0.3 is 25.0 Å². The largest absolute Gasteiger partial charge is 0.394 e. The predicted molar refractivity (Wildman–Crippen MR) is 165 cm³/mol. The molecule has 44 heavy (non-hydrogen) atoms. The summed E-state index contributed by atoms with van der Waals surface area (Å²) in [7, 11) is 1.55. The molecule has 1 atom stereocenters. The third kappa shape index (κ3) is 5.65. The maximum atomic E-state index is 13.0. The summed E-state index contributed by atoms with van der Waals surface area (Å²) in [5.41, 5.74) is 3.16. The third-order valence-corrected chi connectivity index (χ3v) is 7.03. The second kappa shape index (κ2) is 12.5. The molecule has 0 aliphatic rings. The summed E-state index contributed by atoms with van der Waals surface area (Å²) < 4.78 is 14.2. The number of pyridine rings is 3. The van der Waals surface area contributed by atoms with Gasteiger partial charge in [0, 0.05) is 43.4 Å². The van der Waals surface area contributed by atoms with E-state index >= 15 is 0 Å². The molecule has 0 bridgehead atoms. The van der Waals surface area contributed by atoms with Gasteiger partial charge in [0.25, 0.3) is 11.4 Å². The monoisotopic (exact) mass is 593 g/mol. The average molecular weight is 594 g/mol. The number of rotatable bonds is 11. The number of aliphatic hydroxyl groups excluding tert-OH is 1. The van der Waals surface area contributed by atoms with Crippen LogP contribution < -0.4 is 16.2 Å². The third-order valence-electron chi connectivity index (χ3n) is 7.03.